The second kappa shape index (κ2) is 12.5. The molecule has 0 aliphatic heterocycles. The van der Waals surface area contributed by atoms with E-state index < -0.39 is 0 Å². The monoisotopic (exact) mass is 663 g/mol. The van der Waals surface area contributed by atoms with Crippen molar-refractivity contribution in [3.05, 3.63) is 164 Å². The van der Waals surface area contributed by atoms with Gasteiger partial charge in [0.2, 0.25) is 11.2 Å². The van der Waals surface area contributed by atoms with Gasteiger partial charge in [0.25, 0.3) is 0 Å². The van der Waals surface area contributed by atoms with Gasteiger partial charge in [-0.2, -0.15) is 0 Å². The minimum Gasteiger partial charge on any atom is -0.872 e. The minimum atomic E-state index is -0.00620. The first kappa shape index (κ1) is 31.2. The fourth-order valence-corrected chi connectivity index (χ4v) is 8.59. The van der Waals surface area contributed by atoms with Crippen LogP contribution in [0, 0.1) is 0 Å². The van der Waals surface area contributed by atoms with Crippen LogP contribution in [0.1, 0.15) is 0 Å². The number of benzene rings is 7. The molecule has 0 unspecified atom stereocenters. The first-order valence-electron chi connectivity index (χ1n) is 16.8. The third-order valence-corrected chi connectivity index (χ3v) is 11.0. The van der Waals surface area contributed by atoms with Crippen LogP contribution in [0.15, 0.2) is 164 Å². The second-order valence-electron chi connectivity index (χ2n) is 12.7. The van der Waals surface area contributed by atoms with E-state index in [0.29, 0.717) is 5.56 Å². The molecule has 0 spiro atoms. The molecule has 0 fully saturated rings. The van der Waals surface area contributed by atoms with Gasteiger partial charge in [-0.3, -0.25) is 0 Å². The number of thiophene rings is 1. The van der Waals surface area contributed by atoms with E-state index in [0.717, 1.165) is 38.1 Å². The summed E-state index contributed by atoms with van der Waals surface area (Å²) < 4.78 is 0. The molecule has 0 saturated carbocycles. The van der Waals surface area contributed by atoms with E-state index in [1.807, 2.05) is 18.2 Å². The van der Waals surface area contributed by atoms with Gasteiger partial charge in [0.05, 0.1) is 10.6 Å². The van der Waals surface area contributed by atoms with E-state index in [1.54, 1.807) is 23.5 Å². The number of para-hydroxylation sites is 1. The van der Waals surface area contributed by atoms with Crippen LogP contribution in [0.4, 0.5) is 0 Å². The molecule has 51 heavy (non-hydrogen) atoms. The summed E-state index contributed by atoms with van der Waals surface area (Å²) in [5.41, 5.74) is 7.93. The topological polar surface area (TPSA) is 50.1 Å². The van der Waals surface area contributed by atoms with E-state index >= 15 is 0 Å². The average Bonchev–Trinajstić information content (AvgIpc) is 3.66. The second-order valence-corrected chi connectivity index (χ2v) is 13.8. The maximum Gasteiger partial charge on any atom is 1.00 e. The third-order valence-electron chi connectivity index (χ3n) is 9.86. The molecule has 234 valence electrons. The van der Waals surface area contributed by atoms with Crippen LogP contribution in [0.25, 0.3) is 97.5 Å². The van der Waals surface area contributed by atoms with Crippen LogP contribution in [-0.2, 0) is 0 Å². The molecule has 3 nitrogen and oxygen atoms in total. The van der Waals surface area contributed by atoms with Gasteiger partial charge < -0.3 is 5.11 Å². The Morgan fingerprint density at radius 1 is 0.451 bits per heavy atom. The Kier molecular flexibility index (Phi) is 7.67. The third kappa shape index (κ3) is 5.11. The molecule has 0 aliphatic carbocycles. The van der Waals surface area contributed by atoms with Crippen LogP contribution >= 0.6 is 11.3 Å². The number of aromatic nitrogens is 2. The zero-order chi connectivity index (χ0) is 33.2. The predicted molar refractivity (Wildman–Crippen MR) is 207 cm³/mol. The van der Waals surface area contributed by atoms with Gasteiger partial charge >= 0.3 is 18.9 Å². The molecular formula is C46H28LiN2OS+. The summed E-state index contributed by atoms with van der Waals surface area (Å²) in [5, 5.41) is 22.2. The number of fused-ring (bicyclic) bond motifs is 6. The number of nitrogens with one attached hydrogen (secondary N) is 1. The predicted octanol–water partition coefficient (Wildman–Crippen LogP) is 8.47. The Balaban J connectivity index is 0.00000348. The Hall–Kier alpha value is -5.76. The van der Waals surface area contributed by atoms with Crippen molar-refractivity contribution in [2.24, 2.45) is 0 Å². The summed E-state index contributed by atoms with van der Waals surface area (Å²) in [7, 11) is 0. The number of H-pyrrole nitrogens is 1. The molecule has 7 aromatic carbocycles. The average molecular weight is 664 g/mol. The van der Waals surface area contributed by atoms with Crippen LogP contribution < -0.4 is 29.0 Å². The smallest absolute Gasteiger partial charge is 0.872 e. The van der Waals surface area contributed by atoms with Crippen LogP contribution in [0.3, 0.4) is 0 Å². The van der Waals surface area contributed by atoms with Gasteiger partial charge in [0, 0.05) is 32.8 Å². The minimum absolute atomic E-state index is 0. The number of rotatable bonds is 4. The van der Waals surface area contributed by atoms with Crippen molar-refractivity contribution >= 4 is 65.5 Å². The van der Waals surface area contributed by atoms with Gasteiger partial charge in [-0.1, -0.05) is 127 Å². The Labute approximate surface area is 310 Å². The SMILES string of the molecule is [Li+].[O-]c1ccccc1-c1ccc2ccc3ccc(-c4ccc(-c5c6ccccc6c(-c6cccc7ccccc67)c6ccccc56)s4)nc3c2[nH+]1. The maximum absolute atomic E-state index is 12.6. The number of aromatic amines is 1. The van der Waals surface area contributed by atoms with Gasteiger partial charge in [0.15, 0.2) is 0 Å². The summed E-state index contributed by atoms with van der Waals surface area (Å²) in [6, 6.07) is 57.0. The largest absolute Gasteiger partial charge is 1.00 e. The van der Waals surface area contributed by atoms with Crippen molar-refractivity contribution in [3.8, 4) is 49.1 Å². The number of hydrogen-bond acceptors (Lipinski definition) is 3. The summed E-state index contributed by atoms with van der Waals surface area (Å²) in [5.74, 6) is -0.00620. The molecule has 1 N–H and O–H groups in total. The first-order valence-corrected chi connectivity index (χ1v) is 17.6. The number of pyridine rings is 2. The molecule has 0 radical (unpaired) electrons. The Morgan fingerprint density at radius 3 is 1.78 bits per heavy atom. The van der Waals surface area contributed by atoms with E-state index in [2.05, 4.69) is 138 Å². The molecule has 0 atom stereocenters. The standard InChI is InChI=1S/C46H28N2OS.Li/c49-40-19-8-7-17-37(40)38-24-22-29-20-21-30-23-25-39(48-46(30)45(29)47-38)41-26-27-42(50-41)44-35-15-5-3-13-33(35)43(34-14-4-6-16-36(34)44)32-18-9-11-28-10-1-2-12-31(28)32;/h1-27,49H;/q;+1. The van der Waals surface area contributed by atoms with Crippen LogP contribution in [0.5, 0.6) is 5.75 Å². The molecule has 5 heteroatoms. The quantitative estimate of drug-likeness (QED) is 0.108. The summed E-state index contributed by atoms with van der Waals surface area (Å²) in [4.78, 5) is 11.1. The molecule has 0 amide bonds. The fraction of sp³-hybridized carbons (Fsp3) is 0. The Morgan fingerprint density at radius 2 is 1.02 bits per heavy atom. The van der Waals surface area contributed by atoms with E-state index in [-0.39, 0.29) is 24.6 Å². The Bertz CT molecular complexity index is 2910. The van der Waals surface area contributed by atoms with Crippen LogP contribution in [-0.4, -0.2) is 4.98 Å². The molecule has 0 bridgehead atoms. The van der Waals surface area contributed by atoms with Gasteiger partial charge in [-0.05, 0) is 79.8 Å². The number of nitrogens with zero attached hydrogens (tertiary/aromatic N) is 1. The van der Waals surface area contributed by atoms with Crippen molar-refractivity contribution in [3.63, 3.8) is 0 Å². The van der Waals surface area contributed by atoms with E-state index in [4.69, 9.17) is 4.98 Å². The van der Waals surface area contributed by atoms with Crippen molar-refractivity contribution in [2.75, 3.05) is 0 Å². The van der Waals surface area contributed by atoms with Crippen molar-refractivity contribution in [1.82, 2.24) is 4.98 Å². The molecule has 0 saturated heterocycles. The van der Waals surface area contributed by atoms with E-state index in [1.165, 1.54) is 53.9 Å². The molecule has 10 rings (SSSR count). The van der Waals surface area contributed by atoms with Crippen LogP contribution in [0.2, 0.25) is 0 Å². The molecule has 3 heterocycles. The fourth-order valence-electron chi connectivity index (χ4n) is 7.54. The molecule has 0 aliphatic rings. The first-order chi connectivity index (χ1) is 24.7. The summed E-state index contributed by atoms with van der Waals surface area (Å²) in [6.45, 7) is 0. The molecule has 3 aromatic heterocycles. The van der Waals surface area contributed by atoms with Gasteiger partial charge in [-0.15, -0.1) is 11.3 Å². The van der Waals surface area contributed by atoms with Crippen molar-refractivity contribution in [2.45, 2.75) is 0 Å². The molecule has 10 aromatic rings. The van der Waals surface area contributed by atoms with Crippen molar-refractivity contribution in [1.29, 1.82) is 0 Å². The summed E-state index contributed by atoms with van der Waals surface area (Å²) >= 11 is 1.77. The molecular weight excluding hydrogens is 636 g/mol. The normalized spacial score (nSPS) is 11.5. The van der Waals surface area contributed by atoms with Gasteiger partial charge in [0.1, 0.15) is 5.52 Å². The zero-order valence-corrected chi connectivity index (χ0v) is 28.7. The summed E-state index contributed by atoms with van der Waals surface area (Å²) in [6.07, 6.45) is 0. The van der Waals surface area contributed by atoms with E-state index in [9.17, 15) is 5.11 Å². The number of hydrogen-bond donors (Lipinski definition) is 0. The zero-order valence-electron chi connectivity index (χ0n) is 27.9. The van der Waals surface area contributed by atoms with Gasteiger partial charge in [-0.25, -0.2) is 9.97 Å². The van der Waals surface area contributed by atoms with Crippen molar-refractivity contribution < 1.29 is 29.0 Å². The maximum atomic E-state index is 12.6.